The van der Waals surface area contributed by atoms with Crippen LogP contribution < -0.4 is 5.32 Å². The normalized spacial score (nSPS) is 17.1. The summed E-state index contributed by atoms with van der Waals surface area (Å²) in [6.07, 6.45) is 2.26. The minimum atomic E-state index is -3.27. The second-order valence-electron chi connectivity index (χ2n) is 5.75. The number of piperidine rings is 1. The van der Waals surface area contributed by atoms with Crippen LogP contribution >= 0.6 is 0 Å². The molecular formula is C17H27N3O3S. The molecule has 1 N–H and O–H groups in total. The molecular weight excluding hydrogens is 326 g/mol. The highest BCUT2D eigenvalue weighted by atomic mass is 32.2. The van der Waals surface area contributed by atoms with Crippen molar-refractivity contribution in [1.29, 1.82) is 0 Å². The quantitative estimate of drug-likeness (QED) is 0.620. The van der Waals surface area contributed by atoms with Crippen LogP contribution in [0.25, 0.3) is 0 Å². The Kier molecular flexibility index (Phi) is 7.05. The van der Waals surface area contributed by atoms with Crippen molar-refractivity contribution >= 4 is 15.8 Å². The van der Waals surface area contributed by atoms with Gasteiger partial charge in [0, 0.05) is 33.3 Å². The third-order valence-corrected chi connectivity index (χ3v) is 5.84. The monoisotopic (exact) mass is 353 g/mol. The first-order valence-corrected chi connectivity index (χ1v) is 10.1. The molecule has 0 atom stereocenters. The molecule has 1 aromatic rings. The van der Waals surface area contributed by atoms with E-state index >= 15 is 0 Å². The Balaban J connectivity index is 1.82. The standard InChI is InChI=1S/C17H27N3O3S/c1-3-23-15-9-12-20(13-10-15)17(18-2)19-11-14-24(21,22)16-7-5-4-6-8-16/h4-8,15H,3,9-14H2,1-2H3,(H,18,19). The molecule has 7 heteroatoms. The summed E-state index contributed by atoms with van der Waals surface area (Å²) in [6, 6.07) is 8.54. The average molecular weight is 353 g/mol. The lowest BCUT2D eigenvalue weighted by molar-refractivity contribution is 0.0264. The number of benzene rings is 1. The summed E-state index contributed by atoms with van der Waals surface area (Å²) in [5, 5.41) is 3.17. The minimum Gasteiger partial charge on any atom is -0.378 e. The van der Waals surface area contributed by atoms with Gasteiger partial charge in [0.1, 0.15) is 0 Å². The van der Waals surface area contributed by atoms with Crippen molar-refractivity contribution in [1.82, 2.24) is 10.2 Å². The Bertz CT molecular complexity index is 624. The molecule has 134 valence electrons. The second-order valence-corrected chi connectivity index (χ2v) is 7.86. The van der Waals surface area contributed by atoms with Gasteiger partial charge in [-0.15, -0.1) is 0 Å². The molecule has 1 heterocycles. The zero-order valence-electron chi connectivity index (χ0n) is 14.4. The molecule has 6 nitrogen and oxygen atoms in total. The summed E-state index contributed by atoms with van der Waals surface area (Å²) in [4.78, 5) is 6.79. The Labute approximate surface area is 144 Å². The van der Waals surface area contributed by atoms with E-state index in [4.69, 9.17) is 4.74 Å². The van der Waals surface area contributed by atoms with Crippen LogP contribution in [-0.2, 0) is 14.6 Å². The van der Waals surface area contributed by atoms with Crippen LogP contribution in [0.5, 0.6) is 0 Å². The van der Waals surface area contributed by atoms with E-state index in [2.05, 4.69) is 15.2 Å². The van der Waals surface area contributed by atoms with E-state index in [0.29, 0.717) is 17.5 Å². The van der Waals surface area contributed by atoms with E-state index in [1.807, 2.05) is 13.0 Å². The molecule has 0 bridgehead atoms. The van der Waals surface area contributed by atoms with Crippen LogP contribution in [0.3, 0.4) is 0 Å². The molecule has 0 aliphatic carbocycles. The third-order valence-electron chi connectivity index (χ3n) is 4.11. The lowest BCUT2D eigenvalue weighted by Gasteiger charge is -2.34. The molecule has 0 aromatic heterocycles. The van der Waals surface area contributed by atoms with E-state index in [9.17, 15) is 8.42 Å². The molecule has 1 aliphatic heterocycles. The number of ether oxygens (including phenoxy) is 1. The van der Waals surface area contributed by atoms with Crippen molar-refractivity contribution in [2.75, 3.05) is 39.0 Å². The van der Waals surface area contributed by atoms with Gasteiger partial charge in [0.25, 0.3) is 0 Å². The van der Waals surface area contributed by atoms with Crippen LogP contribution in [0.15, 0.2) is 40.2 Å². The van der Waals surface area contributed by atoms with Gasteiger partial charge in [0.05, 0.1) is 16.8 Å². The van der Waals surface area contributed by atoms with Crippen molar-refractivity contribution in [3.05, 3.63) is 30.3 Å². The zero-order chi connectivity index (χ0) is 17.4. The van der Waals surface area contributed by atoms with Crippen molar-refractivity contribution in [3.63, 3.8) is 0 Å². The predicted molar refractivity (Wildman–Crippen MR) is 96.1 cm³/mol. The molecule has 1 saturated heterocycles. The van der Waals surface area contributed by atoms with E-state index in [1.54, 1.807) is 31.3 Å². The molecule has 2 rings (SSSR count). The molecule has 1 aliphatic rings. The van der Waals surface area contributed by atoms with Crippen molar-refractivity contribution in [2.24, 2.45) is 4.99 Å². The lowest BCUT2D eigenvalue weighted by Crippen LogP contribution is -2.47. The maximum Gasteiger partial charge on any atom is 0.193 e. The highest BCUT2D eigenvalue weighted by molar-refractivity contribution is 7.91. The predicted octanol–water partition coefficient (Wildman–Crippen LogP) is 1.54. The number of sulfone groups is 1. The second kappa shape index (κ2) is 9.03. The number of nitrogens with one attached hydrogen (secondary N) is 1. The highest BCUT2D eigenvalue weighted by Gasteiger charge is 2.22. The first kappa shape index (κ1) is 18.7. The van der Waals surface area contributed by atoms with Crippen molar-refractivity contribution < 1.29 is 13.2 Å². The van der Waals surface area contributed by atoms with Crippen LogP contribution in [-0.4, -0.2) is 64.4 Å². The third kappa shape index (κ3) is 5.21. The summed E-state index contributed by atoms with van der Waals surface area (Å²) < 4.78 is 30.2. The first-order valence-electron chi connectivity index (χ1n) is 8.42. The van der Waals surface area contributed by atoms with Crippen LogP contribution in [0.2, 0.25) is 0 Å². The smallest absolute Gasteiger partial charge is 0.193 e. The maximum absolute atomic E-state index is 12.3. The Morgan fingerprint density at radius 3 is 2.54 bits per heavy atom. The fourth-order valence-electron chi connectivity index (χ4n) is 2.85. The maximum atomic E-state index is 12.3. The van der Waals surface area contributed by atoms with Gasteiger partial charge in [0.2, 0.25) is 0 Å². The van der Waals surface area contributed by atoms with E-state index in [1.165, 1.54) is 0 Å². The molecule has 0 saturated carbocycles. The van der Waals surface area contributed by atoms with Gasteiger partial charge < -0.3 is 15.0 Å². The van der Waals surface area contributed by atoms with Gasteiger partial charge in [-0.25, -0.2) is 8.42 Å². The number of guanidine groups is 1. The number of hydrogen-bond acceptors (Lipinski definition) is 4. The fraction of sp³-hybridized carbons (Fsp3) is 0.588. The molecule has 0 unspecified atom stereocenters. The Morgan fingerprint density at radius 2 is 1.96 bits per heavy atom. The number of hydrogen-bond donors (Lipinski definition) is 1. The summed E-state index contributed by atoms with van der Waals surface area (Å²) in [5.41, 5.74) is 0. The molecule has 0 radical (unpaired) electrons. The van der Waals surface area contributed by atoms with E-state index < -0.39 is 9.84 Å². The number of likely N-dealkylation sites (tertiary alicyclic amines) is 1. The average Bonchev–Trinajstić information content (AvgIpc) is 2.61. The molecule has 0 amide bonds. The minimum absolute atomic E-state index is 0.0471. The van der Waals surface area contributed by atoms with Crippen molar-refractivity contribution in [3.8, 4) is 0 Å². The van der Waals surface area contributed by atoms with Gasteiger partial charge in [0.15, 0.2) is 15.8 Å². The lowest BCUT2D eigenvalue weighted by atomic mass is 10.1. The van der Waals surface area contributed by atoms with Crippen LogP contribution in [0, 0.1) is 0 Å². The first-order chi connectivity index (χ1) is 11.6. The number of rotatable bonds is 6. The van der Waals surface area contributed by atoms with Crippen molar-refractivity contribution in [2.45, 2.75) is 30.8 Å². The zero-order valence-corrected chi connectivity index (χ0v) is 15.3. The summed E-state index contributed by atoms with van der Waals surface area (Å²) in [6.45, 7) is 4.84. The molecule has 1 aromatic carbocycles. The molecule has 0 spiro atoms. The highest BCUT2D eigenvalue weighted by Crippen LogP contribution is 2.14. The number of nitrogens with zero attached hydrogens (tertiary/aromatic N) is 2. The van der Waals surface area contributed by atoms with Crippen LogP contribution in [0.4, 0.5) is 0 Å². The number of aliphatic imine (C=N–C) groups is 1. The summed E-state index contributed by atoms with van der Waals surface area (Å²) in [5.74, 6) is 0.805. The summed E-state index contributed by atoms with van der Waals surface area (Å²) >= 11 is 0. The van der Waals surface area contributed by atoms with E-state index in [0.717, 1.165) is 38.5 Å². The van der Waals surface area contributed by atoms with Gasteiger partial charge in [-0.2, -0.15) is 0 Å². The SMILES string of the molecule is CCOC1CCN(C(=NC)NCCS(=O)(=O)c2ccccc2)CC1. The van der Waals surface area contributed by atoms with E-state index in [-0.39, 0.29) is 5.75 Å². The van der Waals surface area contributed by atoms with Gasteiger partial charge >= 0.3 is 0 Å². The Morgan fingerprint density at radius 1 is 1.29 bits per heavy atom. The van der Waals surface area contributed by atoms with Gasteiger partial charge in [-0.3, -0.25) is 4.99 Å². The fourth-order valence-corrected chi connectivity index (χ4v) is 4.02. The summed E-state index contributed by atoms with van der Waals surface area (Å²) in [7, 11) is -1.54. The topological polar surface area (TPSA) is 71.0 Å². The molecule has 24 heavy (non-hydrogen) atoms. The Hall–Kier alpha value is -1.60. The van der Waals surface area contributed by atoms with Gasteiger partial charge in [-0.1, -0.05) is 18.2 Å². The molecule has 1 fully saturated rings. The van der Waals surface area contributed by atoms with Crippen LogP contribution in [0.1, 0.15) is 19.8 Å². The largest absolute Gasteiger partial charge is 0.378 e. The van der Waals surface area contributed by atoms with Gasteiger partial charge in [-0.05, 0) is 31.9 Å².